The lowest BCUT2D eigenvalue weighted by atomic mass is 10.1. The first kappa shape index (κ1) is 16.0. The summed E-state index contributed by atoms with van der Waals surface area (Å²) in [6, 6.07) is 6.79. The first-order valence-electron chi connectivity index (χ1n) is 7.55. The summed E-state index contributed by atoms with van der Waals surface area (Å²) in [4.78, 5) is 23.5. The second kappa shape index (κ2) is 7.14. The van der Waals surface area contributed by atoms with Crippen LogP contribution in [0.2, 0.25) is 0 Å². The summed E-state index contributed by atoms with van der Waals surface area (Å²) >= 11 is 0. The van der Waals surface area contributed by atoms with Crippen molar-refractivity contribution in [1.82, 2.24) is 15.5 Å². The lowest BCUT2D eigenvalue weighted by molar-refractivity contribution is -0.142. The van der Waals surface area contributed by atoms with Crippen molar-refractivity contribution in [3.63, 3.8) is 0 Å². The highest BCUT2D eigenvalue weighted by Gasteiger charge is 2.21. The van der Waals surface area contributed by atoms with E-state index in [1.807, 2.05) is 0 Å². The molecule has 0 atom stereocenters. The fourth-order valence-corrected chi connectivity index (χ4v) is 2.47. The number of nitrogens with one attached hydrogen (secondary N) is 3. The predicted molar refractivity (Wildman–Crippen MR) is 85.9 cm³/mol. The maximum Gasteiger partial charge on any atom is 0.343 e. The van der Waals surface area contributed by atoms with E-state index >= 15 is 0 Å². The van der Waals surface area contributed by atoms with Crippen LogP contribution in [0.25, 0.3) is 0 Å². The highest BCUT2D eigenvalue weighted by molar-refractivity contribution is 6.04. The molecule has 2 heterocycles. The zero-order valence-electron chi connectivity index (χ0n) is 13.2. The molecule has 1 aliphatic rings. The van der Waals surface area contributed by atoms with E-state index in [4.69, 9.17) is 4.74 Å². The SMILES string of the molecule is COC(=O)COc1cccc(NC(=O)c2n[nH]c3c2CNCC3)c1. The zero-order chi connectivity index (χ0) is 16.9. The van der Waals surface area contributed by atoms with Crippen LogP contribution in [-0.2, 0) is 22.5 Å². The lowest BCUT2D eigenvalue weighted by Gasteiger charge is -2.13. The number of aromatic amines is 1. The van der Waals surface area contributed by atoms with Crippen LogP contribution in [0.1, 0.15) is 21.7 Å². The van der Waals surface area contributed by atoms with Crippen molar-refractivity contribution >= 4 is 17.6 Å². The number of amides is 1. The third kappa shape index (κ3) is 3.54. The molecule has 0 fully saturated rings. The van der Waals surface area contributed by atoms with E-state index in [-0.39, 0.29) is 12.5 Å². The Morgan fingerprint density at radius 1 is 1.38 bits per heavy atom. The van der Waals surface area contributed by atoms with E-state index in [0.717, 1.165) is 24.2 Å². The molecular formula is C16H18N4O4. The van der Waals surface area contributed by atoms with Gasteiger partial charge in [-0.15, -0.1) is 0 Å². The minimum absolute atomic E-state index is 0.188. The standard InChI is InChI=1S/C16H18N4O4/c1-23-14(21)9-24-11-4-2-3-10(7-11)18-16(22)15-12-8-17-6-5-13(12)19-20-15/h2-4,7,17H,5-6,8-9H2,1H3,(H,18,22)(H,19,20). The van der Waals surface area contributed by atoms with E-state index in [1.165, 1.54) is 7.11 Å². The van der Waals surface area contributed by atoms with Gasteiger partial charge in [-0.25, -0.2) is 4.79 Å². The van der Waals surface area contributed by atoms with Crippen molar-refractivity contribution in [2.75, 3.05) is 25.6 Å². The molecule has 126 valence electrons. The van der Waals surface area contributed by atoms with Crippen LogP contribution in [0, 0.1) is 0 Å². The number of anilines is 1. The van der Waals surface area contributed by atoms with Crippen LogP contribution in [0.15, 0.2) is 24.3 Å². The van der Waals surface area contributed by atoms with Crippen LogP contribution in [-0.4, -0.2) is 42.3 Å². The molecule has 0 bridgehead atoms. The number of fused-ring (bicyclic) bond motifs is 1. The average molecular weight is 330 g/mol. The molecule has 0 spiro atoms. The minimum atomic E-state index is -0.472. The normalized spacial score (nSPS) is 13.0. The number of methoxy groups -OCH3 is 1. The Bertz CT molecular complexity index is 756. The van der Waals surface area contributed by atoms with Crippen molar-refractivity contribution in [1.29, 1.82) is 0 Å². The van der Waals surface area contributed by atoms with E-state index in [2.05, 4.69) is 25.6 Å². The zero-order valence-corrected chi connectivity index (χ0v) is 13.2. The Hall–Kier alpha value is -2.87. The number of aromatic nitrogens is 2. The van der Waals surface area contributed by atoms with Gasteiger partial charge in [-0.05, 0) is 12.1 Å². The maximum absolute atomic E-state index is 12.4. The number of rotatable bonds is 5. The summed E-state index contributed by atoms with van der Waals surface area (Å²) in [5.74, 6) is -0.301. The number of carbonyl (C=O) groups excluding carboxylic acids is 2. The number of nitrogens with zero attached hydrogens (tertiary/aromatic N) is 1. The van der Waals surface area contributed by atoms with Crippen molar-refractivity contribution < 1.29 is 19.1 Å². The topological polar surface area (TPSA) is 105 Å². The van der Waals surface area contributed by atoms with E-state index < -0.39 is 5.97 Å². The first-order chi connectivity index (χ1) is 11.7. The summed E-state index contributed by atoms with van der Waals surface area (Å²) in [5.41, 5.74) is 2.84. The van der Waals surface area contributed by atoms with E-state index in [9.17, 15) is 9.59 Å². The summed E-state index contributed by atoms with van der Waals surface area (Å²) in [7, 11) is 1.29. The van der Waals surface area contributed by atoms with Crippen LogP contribution >= 0.6 is 0 Å². The quantitative estimate of drug-likeness (QED) is 0.702. The molecule has 1 aliphatic heterocycles. The number of ether oxygens (including phenoxy) is 2. The van der Waals surface area contributed by atoms with Crippen molar-refractivity contribution in [2.45, 2.75) is 13.0 Å². The number of carbonyl (C=O) groups is 2. The summed E-state index contributed by atoms with van der Waals surface area (Å²) < 4.78 is 9.82. The largest absolute Gasteiger partial charge is 0.482 e. The van der Waals surface area contributed by atoms with Gasteiger partial charge in [0.25, 0.3) is 5.91 Å². The summed E-state index contributed by atoms with van der Waals surface area (Å²) in [6.07, 6.45) is 0.826. The second-order valence-corrected chi connectivity index (χ2v) is 5.30. The number of hydrogen-bond donors (Lipinski definition) is 3. The van der Waals surface area contributed by atoms with Gasteiger partial charge in [0.05, 0.1) is 7.11 Å². The molecule has 2 aromatic rings. The summed E-state index contributed by atoms with van der Waals surface area (Å²) in [5, 5.41) is 13.0. The molecular weight excluding hydrogens is 312 g/mol. The lowest BCUT2D eigenvalue weighted by Crippen LogP contribution is -2.25. The van der Waals surface area contributed by atoms with Crippen molar-refractivity contribution in [3.8, 4) is 5.75 Å². The Balaban J connectivity index is 1.68. The number of H-pyrrole nitrogens is 1. The molecule has 1 aromatic heterocycles. The molecule has 24 heavy (non-hydrogen) atoms. The Morgan fingerprint density at radius 3 is 3.08 bits per heavy atom. The van der Waals surface area contributed by atoms with Gasteiger partial charge in [0, 0.05) is 42.5 Å². The Labute approximate surface area is 138 Å². The fourth-order valence-electron chi connectivity index (χ4n) is 2.47. The minimum Gasteiger partial charge on any atom is -0.482 e. The van der Waals surface area contributed by atoms with E-state index in [0.29, 0.717) is 23.7 Å². The van der Waals surface area contributed by atoms with Gasteiger partial charge in [0.15, 0.2) is 12.3 Å². The number of benzene rings is 1. The highest BCUT2D eigenvalue weighted by Crippen LogP contribution is 2.20. The van der Waals surface area contributed by atoms with Gasteiger partial charge >= 0.3 is 5.97 Å². The average Bonchev–Trinajstić information content (AvgIpc) is 3.04. The number of esters is 1. The maximum atomic E-state index is 12.4. The van der Waals surface area contributed by atoms with Gasteiger partial charge in [0.2, 0.25) is 0 Å². The second-order valence-electron chi connectivity index (χ2n) is 5.30. The van der Waals surface area contributed by atoms with E-state index in [1.54, 1.807) is 24.3 Å². The Kier molecular flexibility index (Phi) is 4.76. The molecule has 0 saturated carbocycles. The van der Waals surface area contributed by atoms with Gasteiger partial charge in [-0.2, -0.15) is 5.10 Å². The predicted octanol–water partition coefficient (Wildman–Crippen LogP) is 0.859. The van der Waals surface area contributed by atoms with Gasteiger partial charge in [-0.1, -0.05) is 6.07 Å². The third-order valence-corrected chi connectivity index (χ3v) is 3.70. The molecule has 0 saturated heterocycles. The van der Waals surface area contributed by atoms with Crippen LogP contribution < -0.4 is 15.4 Å². The Morgan fingerprint density at radius 2 is 2.25 bits per heavy atom. The molecule has 3 rings (SSSR count). The van der Waals surface area contributed by atoms with Crippen LogP contribution in [0.3, 0.4) is 0 Å². The monoisotopic (exact) mass is 330 g/mol. The molecule has 8 heteroatoms. The highest BCUT2D eigenvalue weighted by atomic mass is 16.6. The molecule has 0 unspecified atom stereocenters. The molecule has 1 aromatic carbocycles. The number of hydrogen-bond acceptors (Lipinski definition) is 6. The van der Waals surface area contributed by atoms with Gasteiger partial charge in [0.1, 0.15) is 5.75 Å². The smallest absolute Gasteiger partial charge is 0.343 e. The third-order valence-electron chi connectivity index (χ3n) is 3.70. The first-order valence-corrected chi connectivity index (χ1v) is 7.55. The molecule has 1 amide bonds. The molecule has 3 N–H and O–H groups in total. The fraction of sp³-hybridized carbons (Fsp3) is 0.312. The summed E-state index contributed by atoms with van der Waals surface area (Å²) in [6.45, 7) is 1.30. The van der Waals surface area contributed by atoms with Gasteiger partial charge < -0.3 is 20.1 Å². The van der Waals surface area contributed by atoms with Gasteiger partial charge in [-0.3, -0.25) is 9.89 Å². The molecule has 0 radical (unpaired) electrons. The molecule has 8 nitrogen and oxygen atoms in total. The van der Waals surface area contributed by atoms with Crippen molar-refractivity contribution in [2.24, 2.45) is 0 Å². The van der Waals surface area contributed by atoms with Crippen LogP contribution in [0.4, 0.5) is 5.69 Å². The van der Waals surface area contributed by atoms with Crippen molar-refractivity contribution in [3.05, 3.63) is 41.2 Å². The molecule has 0 aliphatic carbocycles. The van der Waals surface area contributed by atoms with Crippen LogP contribution in [0.5, 0.6) is 5.75 Å².